The number of hydrogen-bond acceptors (Lipinski definition) is 1. The van der Waals surface area contributed by atoms with Crippen LogP contribution in [-0.2, 0) is 6.61 Å². The Labute approximate surface area is 107 Å². The van der Waals surface area contributed by atoms with Crippen molar-refractivity contribution in [2.75, 3.05) is 0 Å². The van der Waals surface area contributed by atoms with Gasteiger partial charge in [0.15, 0.2) is 0 Å². The van der Waals surface area contributed by atoms with E-state index < -0.39 is 0 Å². The quantitative estimate of drug-likeness (QED) is 0.845. The van der Waals surface area contributed by atoms with Gasteiger partial charge in [-0.25, -0.2) is 0 Å². The molecule has 0 bridgehead atoms. The fourth-order valence-corrected chi connectivity index (χ4v) is 2.07. The lowest BCUT2D eigenvalue weighted by molar-refractivity contribution is 0.282. The Morgan fingerprint density at radius 3 is 2.24 bits per heavy atom. The van der Waals surface area contributed by atoms with Crippen LogP contribution in [0, 0.1) is 13.8 Å². The summed E-state index contributed by atoms with van der Waals surface area (Å²) in [6, 6.07) is 12.1. The van der Waals surface area contributed by atoms with Crippen LogP contribution in [0.2, 0.25) is 5.02 Å². The topological polar surface area (TPSA) is 20.2 Å². The van der Waals surface area contributed by atoms with Gasteiger partial charge in [0, 0.05) is 5.02 Å². The molecule has 0 radical (unpaired) electrons. The first-order chi connectivity index (χ1) is 8.11. The third-order valence-electron chi connectivity index (χ3n) is 2.88. The molecule has 1 N–H and O–H groups in total. The van der Waals surface area contributed by atoms with E-state index in [-0.39, 0.29) is 6.61 Å². The molecule has 0 aliphatic heterocycles. The molecule has 0 saturated carbocycles. The number of aryl methyl sites for hydroxylation is 2. The van der Waals surface area contributed by atoms with E-state index in [1.807, 2.05) is 38.1 Å². The lowest BCUT2D eigenvalue weighted by Crippen LogP contribution is -1.87. The molecule has 2 heteroatoms. The van der Waals surface area contributed by atoms with Crippen molar-refractivity contribution < 1.29 is 5.11 Å². The third kappa shape index (κ3) is 2.51. The van der Waals surface area contributed by atoms with Crippen LogP contribution in [0.4, 0.5) is 0 Å². The van der Waals surface area contributed by atoms with E-state index in [1.165, 1.54) is 0 Å². The standard InChI is InChI=1S/C15H15ClO/c1-10-6-14(7-11(2)15(10)16)13-5-3-4-12(8-13)9-17/h3-8,17H,9H2,1-2H3. The second-order valence-electron chi connectivity index (χ2n) is 4.28. The van der Waals surface area contributed by atoms with Crippen molar-refractivity contribution in [2.45, 2.75) is 20.5 Å². The van der Waals surface area contributed by atoms with E-state index in [0.717, 1.165) is 32.8 Å². The molecule has 0 aromatic heterocycles. The molecular weight excluding hydrogens is 232 g/mol. The van der Waals surface area contributed by atoms with Crippen molar-refractivity contribution in [3.8, 4) is 11.1 Å². The van der Waals surface area contributed by atoms with E-state index in [2.05, 4.69) is 12.1 Å². The molecule has 0 spiro atoms. The average molecular weight is 247 g/mol. The van der Waals surface area contributed by atoms with Crippen LogP contribution in [0.15, 0.2) is 36.4 Å². The monoisotopic (exact) mass is 246 g/mol. The van der Waals surface area contributed by atoms with Gasteiger partial charge >= 0.3 is 0 Å². The normalized spacial score (nSPS) is 10.6. The Bertz CT molecular complexity index is 523. The molecule has 88 valence electrons. The summed E-state index contributed by atoms with van der Waals surface area (Å²) in [4.78, 5) is 0. The van der Waals surface area contributed by atoms with Crippen LogP contribution in [0.1, 0.15) is 16.7 Å². The molecular formula is C15H15ClO. The first kappa shape index (κ1) is 12.2. The zero-order valence-corrected chi connectivity index (χ0v) is 10.8. The number of benzene rings is 2. The minimum absolute atomic E-state index is 0.0688. The van der Waals surface area contributed by atoms with Gasteiger partial charge < -0.3 is 5.11 Å². The molecule has 0 unspecified atom stereocenters. The Hall–Kier alpha value is -1.31. The van der Waals surface area contributed by atoms with Gasteiger partial charge in [0.05, 0.1) is 6.61 Å². The zero-order chi connectivity index (χ0) is 12.4. The summed E-state index contributed by atoms with van der Waals surface area (Å²) in [5.74, 6) is 0. The number of hydrogen-bond donors (Lipinski definition) is 1. The molecule has 17 heavy (non-hydrogen) atoms. The maximum absolute atomic E-state index is 9.14. The van der Waals surface area contributed by atoms with Gasteiger partial charge in [-0.05, 0) is 59.9 Å². The Kier molecular flexibility index (Phi) is 3.51. The molecule has 2 rings (SSSR count). The Balaban J connectivity index is 2.52. The van der Waals surface area contributed by atoms with Crippen LogP contribution in [0.5, 0.6) is 0 Å². The van der Waals surface area contributed by atoms with Gasteiger partial charge in [0.1, 0.15) is 0 Å². The molecule has 0 atom stereocenters. The van der Waals surface area contributed by atoms with Gasteiger partial charge in [-0.15, -0.1) is 0 Å². The van der Waals surface area contributed by atoms with E-state index in [4.69, 9.17) is 16.7 Å². The highest BCUT2D eigenvalue weighted by Gasteiger charge is 2.05. The second kappa shape index (κ2) is 4.91. The van der Waals surface area contributed by atoms with Crippen LogP contribution in [-0.4, -0.2) is 5.11 Å². The van der Waals surface area contributed by atoms with Gasteiger partial charge in [-0.2, -0.15) is 0 Å². The fraction of sp³-hybridized carbons (Fsp3) is 0.200. The average Bonchev–Trinajstić information content (AvgIpc) is 2.35. The van der Waals surface area contributed by atoms with E-state index in [0.29, 0.717) is 0 Å². The van der Waals surface area contributed by atoms with Crippen molar-refractivity contribution in [1.82, 2.24) is 0 Å². The SMILES string of the molecule is Cc1cc(-c2cccc(CO)c2)cc(C)c1Cl. The molecule has 0 amide bonds. The number of halogens is 1. The molecule has 0 fully saturated rings. The smallest absolute Gasteiger partial charge is 0.0682 e. The maximum Gasteiger partial charge on any atom is 0.0682 e. The van der Waals surface area contributed by atoms with E-state index >= 15 is 0 Å². The first-order valence-corrected chi connectivity index (χ1v) is 5.96. The number of rotatable bonds is 2. The highest BCUT2D eigenvalue weighted by atomic mass is 35.5. The van der Waals surface area contributed by atoms with Gasteiger partial charge in [-0.3, -0.25) is 0 Å². The van der Waals surface area contributed by atoms with Crippen LogP contribution in [0.3, 0.4) is 0 Å². The number of aliphatic hydroxyl groups is 1. The molecule has 2 aromatic carbocycles. The molecule has 2 aromatic rings. The minimum atomic E-state index is 0.0688. The van der Waals surface area contributed by atoms with Crippen molar-refractivity contribution in [1.29, 1.82) is 0 Å². The van der Waals surface area contributed by atoms with E-state index in [1.54, 1.807) is 0 Å². The predicted octanol–water partition coefficient (Wildman–Crippen LogP) is 4.12. The van der Waals surface area contributed by atoms with Crippen molar-refractivity contribution in [3.05, 3.63) is 58.1 Å². The van der Waals surface area contributed by atoms with Gasteiger partial charge in [0.2, 0.25) is 0 Å². The lowest BCUT2D eigenvalue weighted by atomic mass is 9.99. The van der Waals surface area contributed by atoms with Gasteiger partial charge in [-0.1, -0.05) is 29.8 Å². The molecule has 1 nitrogen and oxygen atoms in total. The maximum atomic E-state index is 9.14. The highest BCUT2D eigenvalue weighted by Crippen LogP contribution is 2.28. The molecule has 0 aliphatic rings. The summed E-state index contributed by atoms with van der Waals surface area (Å²) in [6.07, 6.45) is 0. The summed E-state index contributed by atoms with van der Waals surface area (Å²) in [5.41, 5.74) is 5.33. The minimum Gasteiger partial charge on any atom is -0.392 e. The highest BCUT2D eigenvalue weighted by molar-refractivity contribution is 6.32. The van der Waals surface area contributed by atoms with Crippen molar-refractivity contribution >= 4 is 11.6 Å². The van der Waals surface area contributed by atoms with Gasteiger partial charge in [0.25, 0.3) is 0 Å². The summed E-state index contributed by atoms with van der Waals surface area (Å²) in [5, 5.41) is 9.97. The third-order valence-corrected chi connectivity index (χ3v) is 3.48. The summed E-state index contributed by atoms with van der Waals surface area (Å²) in [6.45, 7) is 4.09. The Morgan fingerprint density at radius 2 is 1.65 bits per heavy atom. The summed E-state index contributed by atoms with van der Waals surface area (Å²) >= 11 is 6.16. The second-order valence-corrected chi connectivity index (χ2v) is 4.66. The van der Waals surface area contributed by atoms with Crippen LogP contribution in [0.25, 0.3) is 11.1 Å². The fourth-order valence-electron chi connectivity index (χ4n) is 1.96. The van der Waals surface area contributed by atoms with Crippen molar-refractivity contribution in [2.24, 2.45) is 0 Å². The Morgan fingerprint density at radius 1 is 1.00 bits per heavy atom. The number of aliphatic hydroxyl groups excluding tert-OH is 1. The summed E-state index contributed by atoms with van der Waals surface area (Å²) < 4.78 is 0. The van der Waals surface area contributed by atoms with E-state index in [9.17, 15) is 0 Å². The largest absolute Gasteiger partial charge is 0.392 e. The lowest BCUT2D eigenvalue weighted by Gasteiger charge is -2.09. The molecule has 0 saturated heterocycles. The molecule has 0 heterocycles. The summed E-state index contributed by atoms with van der Waals surface area (Å²) in [7, 11) is 0. The zero-order valence-electron chi connectivity index (χ0n) is 10.00. The van der Waals surface area contributed by atoms with Crippen LogP contribution < -0.4 is 0 Å². The van der Waals surface area contributed by atoms with Crippen molar-refractivity contribution in [3.63, 3.8) is 0 Å². The molecule has 0 aliphatic carbocycles. The first-order valence-electron chi connectivity index (χ1n) is 5.58. The van der Waals surface area contributed by atoms with Crippen LogP contribution >= 0.6 is 11.6 Å². The predicted molar refractivity (Wildman–Crippen MR) is 72.3 cm³/mol.